The number of nitrogens with zero attached hydrogens (tertiary/aromatic N) is 1. The fourth-order valence-corrected chi connectivity index (χ4v) is 3.42. The Morgan fingerprint density at radius 3 is 1.79 bits per heavy atom. The lowest BCUT2D eigenvalue weighted by Crippen LogP contribution is -2.50. The Morgan fingerprint density at radius 1 is 0.868 bits per heavy atom. The van der Waals surface area contributed by atoms with Crippen LogP contribution in [0.2, 0.25) is 18.1 Å². The first-order chi connectivity index (χ1) is 17.4. The molecule has 0 saturated carbocycles. The minimum absolute atomic E-state index is 0.0101. The molecule has 1 atom stereocenters. The molecule has 1 N–H and O–H groups in total. The molecular weight excluding hydrogens is 502 g/mol. The van der Waals surface area contributed by atoms with Crippen molar-refractivity contribution in [2.24, 2.45) is 0 Å². The van der Waals surface area contributed by atoms with Crippen molar-refractivity contribution >= 4 is 26.2 Å². The molecule has 0 radical (unpaired) electrons. The summed E-state index contributed by atoms with van der Waals surface area (Å²) in [6.07, 6.45) is 17.2. The van der Waals surface area contributed by atoms with Gasteiger partial charge in [0, 0.05) is 19.2 Å². The molecule has 0 aliphatic carbocycles. The molecule has 212 valence electrons. The Bertz CT molecular complexity index is 974. The summed E-state index contributed by atoms with van der Waals surface area (Å²) in [5, 5.41) is 10.0. The van der Waals surface area contributed by atoms with Crippen LogP contribution in [0.1, 0.15) is 41.5 Å². The molecule has 0 aliphatic rings. The molecule has 0 spiro atoms. The molecule has 0 aromatic rings. The lowest BCUT2D eigenvalue weighted by Gasteiger charge is -2.38. The first-order valence-corrected chi connectivity index (χ1v) is 15.3. The lowest BCUT2D eigenvalue weighted by atomic mass is 10.2. The van der Waals surface area contributed by atoms with E-state index in [1.807, 2.05) is 0 Å². The number of methoxy groups -OCH3 is 1. The van der Waals surface area contributed by atoms with Crippen LogP contribution < -0.4 is 0 Å². The van der Waals surface area contributed by atoms with E-state index in [0.29, 0.717) is 0 Å². The van der Waals surface area contributed by atoms with E-state index in [1.54, 1.807) is 69.4 Å². The third-order valence-electron chi connectivity index (χ3n) is 5.65. The largest absolute Gasteiger partial charge is 0.508 e. The molecule has 8 nitrogen and oxygen atoms in total. The van der Waals surface area contributed by atoms with Crippen molar-refractivity contribution in [2.45, 2.75) is 71.3 Å². The van der Waals surface area contributed by atoms with Crippen molar-refractivity contribution < 1.29 is 33.4 Å². The smallest absolute Gasteiger partial charge is 0.331 e. The average molecular weight is 548 g/mol. The summed E-state index contributed by atoms with van der Waals surface area (Å²) in [7, 11) is 0.572. The maximum atomic E-state index is 12.6. The summed E-state index contributed by atoms with van der Waals surface area (Å²) in [6.45, 7) is 15.8. The third-order valence-corrected chi connectivity index (χ3v) is 10.2. The zero-order chi connectivity index (χ0) is 29.6. The minimum atomic E-state index is -2.15. The van der Waals surface area contributed by atoms with Crippen LogP contribution in [0.3, 0.4) is 0 Å². The van der Waals surface area contributed by atoms with E-state index < -0.39 is 37.8 Å². The van der Waals surface area contributed by atoms with E-state index >= 15 is 0 Å². The van der Waals surface area contributed by atoms with E-state index in [2.05, 4.69) is 33.9 Å². The van der Waals surface area contributed by atoms with E-state index in [1.165, 1.54) is 31.2 Å². The molecule has 0 rings (SSSR count). The van der Waals surface area contributed by atoms with Crippen molar-refractivity contribution in [1.82, 2.24) is 4.90 Å². The van der Waals surface area contributed by atoms with E-state index in [-0.39, 0.29) is 17.4 Å². The zero-order valence-electron chi connectivity index (χ0n) is 24.5. The van der Waals surface area contributed by atoms with E-state index in [9.17, 15) is 19.5 Å². The predicted octanol–water partition coefficient (Wildman–Crippen LogP) is 5.57. The normalized spacial score (nSPS) is 14.7. The molecule has 0 unspecified atom stereocenters. The number of amides is 1. The third kappa shape index (κ3) is 14.5. The highest BCUT2D eigenvalue weighted by Gasteiger charge is 2.39. The monoisotopic (exact) mass is 547 g/mol. The number of aliphatic hydroxyl groups is 1. The maximum Gasteiger partial charge on any atom is 0.331 e. The van der Waals surface area contributed by atoms with Gasteiger partial charge in [-0.05, 0) is 45.0 Å². The molecular formula is C29H45NO7Si. The quantitative estimate of drug-likeness (QED) is 0.112. The fourth-order valence-electron chi connectivity index (χ4n) is 2.42. The van der Waals surface area contributed by atoms with Gasteiger partial charge in [0.2, 0.25) is 0 Å². The standard InChI is InChI=1S/C29H45NO7Si/c1-28(2,3)37-26(33)20-18-16-14-12-11-13-15-17-19-23(31)21-25(32)30(7)24(27(34)35-8)22-36-38(9,10)29(4,5)6/h11-21,24,31H,22H2,1-10H3/b12-11+,15-13+,16-14+,19-17+,20-18+,23-21-/t24-/m0/s1. The number of esters is 2. The van der Waals surface area contributed by atoms with Crippen LogP contribution in [0, 0.1) is 0 Å². The topological polar surface area (TPSA) is 102 Å². The molecule has 0 fully saturated rings. The molecule has 0 saturated heterocycles. The number of aliphatic hydroxyl groups excluding tert-OH is 1. The average Bonchev–Trinajstić information content (AvgIpc) is 2.77. The van der Waals surface area contributed by atoms with E-state index in [0.717, 1.165) is 6.08 Å². The van der Waals surface area contributed by atoms with Crippen LogP contribution in [0.4, 0.5) is 0 Å². The van der Waals surface area contributed by atoms with Crippen LogP contribution in [-0.4, -0.2) is 68.6 Å². The van der Waals surface area contributed by atoms with Gasteiger partial charge < -0.3 is 23.9 Å². The van der Waals surface area contributed by atoms with Crippen molar-refractivity contribution in [2.75, 3.05) is 20.8 Å². The Hall–Kier alpha value is -3.17. The molecule has 0 heterocycles. The highest BCUT2D eigenvalue weighted by atomic mass is 28.4. The summed E-state index contributed by atoms with van der Waals surface area (Å²) >= 11 is 0. The second-order valence-electron chi connectivity index (χ2n) is 11.0. The van der Waals surface area contributed by atoms with Gasteiger partial charge in [0.05, 0.1) is 13.7 Å². The highest BCUT2D eigenvalue weighted by molar-refractivity contribution is 6.74. The number of allylic oxidation sites excluding steroid dienone is 9. The van der Waals surface area contributed by atoms with Crippen molar-refractivity contribution in [3.05, 3.63) is 72.6 Å². The Balaban J connectivity index is 4.97. The highest BCUT2D eigenvalue weighted by Crippen LogP contribution is 2.36. The minimum Gasteiger partial charge on any atom is -0.508 e. The maximum absolute atomic E-state index is 12.6. The number of hydrogen-bond acceptors (Lipinski definition) is 7. The zero-order valence-corrected chi connectivity index (χ0v) is 25.5. The van der Waals surface area contributed by atoms with Gasteiger partial charge in [-0.25, -0.2) is 9.59 Å². The molecule has 0 aliphatic heterocycles. The Kier molecular flexibility index (Phi) is 14.6. The molecule has 9 heteroatoms. The SMILES string of the molecule is COC(=O)[C@H](CO[Si](C)(C)C(C)(C)C)N(C)C(=O)/C=C(O)/C=C/C=C/C=C/C=C/C=C/C(=O)OC(C)(C)C. The summed E-state index contributed by atoms with van der Waals surface area (Å²) in [5.41, 5.74) is -0.527. The first kappa shape index (κ1) is 34.8. The van der Waals surface area contributed by atoms with Gasteiger partial charge in [-0.3, -0.25) is 4.79 Å². The summed E-state index contributed by atoms with van der Waals surface area (Å²) in [4.78, 5) is 37.7. The van der Waals surface area contributed by atoms with E-state index in [4.69, 9.17) is 13.9 Å². The van der Waals surface area contributed by atoms with Crippen molar-refractivity contribution in [1.29, 1.82) is 0 Å². The van der Waals surface area contributed by atoms with Gasteiger partial charge >= 0.3 is 11.9 Å². The number of carbonyl (C=O) groups is 3. The molecule has 0 aromatic carbocycles. The van der Waals surface area contributed by atoms with Crippen LogP contribution in [-0.2, 0) is 28.3 Å². The first-order valence-electron chi connectivity index (χ1n) is 12.4. The molecule has 0 bridgehead atoms. The number of rotatable bonds is 12. The van der Waals surface area contributed by atoms with Gasteiger partial charge in [-0.1, -0.05) is 69.4 Å². The van der Waals surface area contributed by atoms with Gasteiger partial charge in [0.15, 0.2) is 14.4 Å². The Labute approximate surface area is 229 Å². The van der Waals surface area contributed by atoms with Crippen LogP contribution >= 0.6 is 0 Å². The van der Waals surface area contributed by atoms with Gasteiger partial charge in [0.25, 0.3) is 5.91 Å². The van der Waals surface area contributed by atoms with Crippen LogP contribution in [0.15, 0.2) is 72.6 Å². The number of carbonyl (C=O) groups excluding carboxylic acids is 3. The molecule has 0 aromatic heterocycles. The lowest BCUT2D eigenvalue weighted by molar-refractivity contribution is -0.151. The predicted molar refractivity (Wildman–Crippen MR) is 154 cm³/mol. The van der Waals surface area contributed by atoms with Crippen LogP contribution in [0.25, 0.3) is 0 Å². The number of ether oxygens (including phenoxy) is 2. The van der Waals surface area contributed by atoms with Gasteiger partial charge in [0.1, 0.15) is 11.4 Å². The molecule has 38 heavy (non-hydrogen) atoms. The summed E-state index contributed by atoms with van der Waals surface area (Å²) in [5.74, 6) is -1.83. The summed E-state index contributed by atoms with van der Waals surface area (Å²) < 4.78 is 16.1. The van der Waals surface area contributed by atoms with Gasteiger partial charge in [-0.15, -0.1) is 0 Å². The second kappa shape index (κ2) is 15.9. The van der Waals surface area contributed by atoms with Crippen LogP contribution in [0.5, 0.6) is 0 Å². The Morgan fingerprint density at radius 2 is 1.34 bits per heavy atom. The number of likely N-dealkylation sites (N-methyl/N-ethyl adjacent to an activating group) is 1. The van der Waals surface area contributed by atoms with Gasteiger partial charge in [-0.2, -0.15) is 0 Å². The van der Waals surface area contributed by atoms with Crippen molar-refractivity contribution in [3.63, 3.8) is 0 Å². The fraction of sp³-hybridized carbons (Fsp3) is 0.483. The van der Waals surface area contributed by atoms with Crippen molar-refractivity contribution in [3.8, 4) is 0 Å². The second-order valence-corrected chi connectivity index (χ2v) is 15.8. The number of hydrogen-bond donors (Lipinski definition) is 1. The molecule has 1 amide bonds. The summed E-state index contributed by atoms with van der Waals surface area (Å²) in [6, 6.07) is -0.938.